The van der Waals surface area contributed by atoms with E-state index in [9.17, 15) is 0 Å². The fraction of sp³-hybridized carbons (Fsp3) is 0.200. The third kappa shape index (κ3) is 2.28. The quantitative estimate of drug-likeness (QED) is 0.587. The van der Waals surface area contributed by atoms with Crippen LogP contribution in [0, 0.1) is 6.92 Å². The lowest BCUT2D eigenvalue weighted by Gasteiger charge is -1.88. The number of anilines is 1. The van der Waals surface area contributed by atoms with Crippen LogP contribution in [0.5, 0.6) is 0 Å². The summed E-state index contributed by atoms with van der Waals surface area (Å²) in [5.74, 6) is 0.468. The second-order valence-corrected chi connectivity index (χ2v) is 1.58. The lowest BCUT2D eigenvalue weighted by molar-refractivity contribution is 1.13. The van der Waals surface area contributed by atoms with Gasteiger partial charge in [-0.1, -0.05) is 0 Å². The molecule has 1 heterocycles. The van der Waals surface area contributed by atoms with Gasteiger partial charge in [0.05, 0.1) is 18.1 Å². The molecular formula is C5H8ClN3. The van der Waals surface area contributed by atoms with Gasteiger partial charge >= 0.3 is 0 Å². The lowest BCUT2D eigenvalue weighted by atomic mass is 10.5. The molecule has 1 aromatic rings. The lowest BCUT2D eigenvalue weighted by Crippen LogP contribution is -1.90. The maximum absolute atomic E-state index is 5.25. The second kappa shape index (κ2) is 3.25. The summed E-state index contributed by atoms with van der Waals surface area (Å²) >= 11 is 0. The van der Waals surface area contributed by atoms with E-state index in [0.717, 1.165) is 5.69 Å². The normalized spacial score (nSPS) is 8.11. The van der Waals surface area contributed by atoms with Gasteiger partial charge in [-0.3, -0.25) is 4.98 Å². The van der Waals surface area contributed by atoms with Crippen molar-refractivity contribution in [1.29, 1.82) is 0 Å². The van der Waals surface area contributed by atoms with Gasteiger partial charge in [0.2, 0.25) is 0 Å². The van der Waals surface area contributed by atoms with Crippen LogP contribution in [0.15, 0.2) is 12.4 Å². The average molecular weight is 146 g/mol. The van der Waals surface area contributed by atoms with Gasteiger partial charge in [-0.15, -0.1) is 12.4 Å². The van der Waals surface area contributed by atoms with E-state index in [1.807, 2.05) is 6.92 Å². The molecular weight excluding hydrogens is 138 g/mol. The molecule has 0 aliphatic rings. The number of nitrogens with zero attached hydrogens (tertiary/aromatic N) is 2. The molecule has 0 saturated heterocycles. The van der Waals surface area contributed by atoms with Gasteiger partial charge in [0.1, 0.15) is 5.82 Å². The standard InChI is InChI=1S/C5H7N3.ClH/c1-4-2-8-5(6)3-7-4;/h2-3H,1H3,(H2,6,8);1H. The van der Waals surface area contributed by atoms with Crippen LogP contribution < -0.4 is 5.73 Å². The van der Waals surface area contributed by atoms with E-state index in [4.69, 9.17) is 5.73 Å². The van der Waals surface area contributed by atoms with E-state index in [2.05, 4.69) is 9.97 Å². The van der Waals surface area contributed by atoms with Crippen molar-refractivity contribution >= 4 is 18.2 Å². The summed E-state index contributed by atoms with van der Waals surface area (Å²) in [5, 5.41) is 0. The van der Waals surface area contributed by atoms with Crippen molar-refractivity contribution in [1.82, 2.24) is 9.97 Å². The largest absolute Gasteiger partial charge is 0.382 e. The van der Waals surface area contributed by atoms with Gasteiger partial charge in [-0.05, 0) is 6.92 Å². The molecule has 0 unspecified atom stereocenters. The van der Waals surface area contributed by atoms with Crippen molar-refractivity contribution in [2.24, 2.45) is 0 Å². The highest BCUT2D eigenvalue weighted by molar-refractivity contribution is 5.85. The van der Waals surface area contributed by atoms with Crippen molar-refractivity contribution in [3.63, 3.8) is 0 Å². The van der Waals surface area contributed by atoms with E-state index in [-0.39, 0.29) is 12.4 Å². The Morgan fingerprint density at radius 1 is 1.33 bits per heavy atom. The van der Waals surface area contributed by atoms with E-state index < -0.39 is 0 Å². The zero-order chi connectivity index (χ0) is 5.98. The molecule has 0 bridgehead atoms. The molecule has 0 aliphatic heterocycles. The fourth-order valence-electron chi connectivity index (χ4n) is 0.403. The van der Waals surface area contributed by atoms with Crippen LogP contribution in [-0.2, 0) is 0 Å². The van der Waals surface area contributed by atoms with Crippen LogP contribution in [0.4, 0.5) is 5.82 Å². The van der Waals surface area contributed by atoms with Gasteiger partial charge in [-0.25, -0.2) is 4.98 Å². The fourth-order valence-corrected chi connectivity index (χ4v) is 0.403. The molecule has 0 aliphatic carbocycles. The van der Waals surface area contributed by atoms with E-state index in [1.54, 1.807) is 6.20 Å². The molecule has 0 amide bonds. The Hall–Kier alpha value is -0.830. The highest BCUT2D eigenvalue weighted by Gasteiger charge is 1.83. The summed E-state index contributed by atoms with van der Waals surface area (Å²) in [6.45, 7) is 1.87. The Morgan fingerprint density at radius 3 is 2.33 bits per heavy atom. The molecule has 0 aromatic carbocycles. The van der Waals surface area contributed by atoms with Gasteiger partial charge in [0, 0.05) is 0 Å². The Labute approximate surface area is 59.7 Å². The summed E-state index contributed by atoms with van der Waals surface area (Å²) in [7, 11) is 0. The summed E-state index contributed by atoms with van der Waals surface area (Å²) in [6, 6.07) is 0. The molecule has 0 saturated carbocycles. The molecule has 3 nitrogen and oxygen atoms in total. The Kier molecular flexibility index (Phi) is 2.95. The molecule has 0 radical (unpaired) electrons. The van der Waals surface area contributed by atoms with Crippen LogP contribution in [0.1, 0.15) is 5.69 Å². The third-order valence-electron chi connectivity index (χ3n) is 0.801. The van der Waals surface area contributed by atoms with Crippen LogP contribution in [0.25, 0.3) is 0 Å². The van der Waals surface area contributed by atoms with Gasteiger partial charge in [0.25, 0.3) is 0 Å². The second-order valence-electron chi connectivity index (χ2n) is 1.58. The van der Waals surface area contributed by atoms with Crippen LogP contribution >= 0.6 is 12.4 Å². The first-order valence-electron chi connectivity index (χ1n) is 2.33. The van der Waals surface area contributed by atoms with Crippen molar-refractivity contribution in [2.45, 2.75) is 6.92 Å². The highest BCUT2D eigenvalue weighted by atomic mass is 35.5. The molecule has 2 N–H and O–H groups in total. The average Bonchev–Trinajstić information content (AvgIpc) is 1.77. The molecule has 4 heteroatoms. The van der Waals surface area contributed by atoms with Gasteiger partial charge < -0.3 is 5.73 Å². The predicted molar refractivity (Wildman–Crippen MR) is 38.4 cm³/mol. The van der Waals surface area contributed by atoms with Crippen LogP contribution in [0.2, 0.25) is 0 Å². The zero-order valence-electron chi connectivity index (χ0n) is 5.03. The Morgan fingerprint density at radius 2 is 2.00 bits per heavy atom. The minimum Gasteiger partial charge on any atom is -0.382 e. The van der Waals surface area contributed by atoms with Crippen molar-refractivity contribution in [3.05, 3.63) is 18.1 Å². The predicted octanol–water partition coefficient (Wildman–Crippen LogP) is 0.789. The first kappa shape index (κ1) is 8.17. The topological polar surface area (TPSA) is 51.8 Å². The molecule has 50 valence electrons. The van der Waals surface area contributed by atoms with E-state index >= 15 is 0 Å². The number of aryl methyl sites for hydroxylation is 1. The number of hydrogen-bond donors (Lipinski definition) is 1. The zero-order valence-corrected chi connectivity index (χ0v) is 5.85. The monoisotopic (exact) mass is 145 g/mol. The number of rotatable bonds is 0. The van der Waals surface area contributed by atoms with Gasteiger partial charge in [-0.2, -0.15) is 0 Å². The van der Waals surface area contributed by atoms with Crippen molar-refractivity contribution in [3.8, 4) is 0 Å². The molecule has 0 spiro atoms. The van der Waals surface area contributed by atoms with E-state index in [0.29, 0.717) is 5.82 Å². The number of nitrogens with two attached hydrogens (primary N) is 1. The van der Waals surface area contributed by atoms with Crippen LogP contribution in [0.3, 0.4) is 0 Å². The first-order chi connectivity index (χ1) is 3.79. The van der Waals surface area contributed by atoms with Crippen LogP contribution in [-0.4, -0.2) is 9.97 Å². The SMILES string of the molecule is Cc1cnc(N)cn1.Cl. The van der Waals surface area contributed by atoms with Crippen molar-refractivity contribution < 1.29 is 0 Å². The minimum absolute atomic E-state index is 0. The van der Waals surface area contributed by atoms with Gasteiger partial charge in [0.15, 0.2) is 0 Å². The van der Waals surface area contributed by atoms with Crippen molar-refractivity contribution in [2.75, 3.05) is 5.73 Å². The number of hydrogen-bond acceptors (Lipinski definition) is 3. The maximum Gasteiger partial charge on any atom is 0.141 e. The molecule has 1 rings (SSSR count). The summed E-state index contributed by atoms with van der Waals surface area (Å²) < 4.78 is 0. The number of aromatic nitrogens is 2. The third-order valence-corrected chi connectivity index (χ3v) is 0.801. The van der Waals surface area contributed by atoms with E-state index in [1.165, 1.54) is 6.20 Å². The Bertz CT molecular complexity index is 151. The highest BCUT2D eigenvalue weighted by Crippen LogP contribution is 1.91. The molecule has 1 aromatic heterocycles. The maximum atomic E-state index is 5.25. The molecule has 0 atom stereocenters. The molecule has 9 heavy (non-hydrogen) atoms. The molecule has 0 fully saturated rings. The summed E-state index contributed by atoms with van der Waals surface area (Å²) in [6.07, 6.45) is 3.17. The first-order valence-corrected chi connectivity index (χ1v) is 2.33. The summed E-state index contributed by atoms with van der Waals surface area (Å²) in [5.41, 5.74) is 6.14. The number of nitrogen functional groups attached to an aromatic ring is 1. The Balaban J connectivity index is 0.000000640. The summed E-state index contributed by atoms with van der Waals surface area (Å²) in [4.78, 5) is 7.69. The minimum atomic E-state index is 0. The number of halogens is 1. The smallest absolute Gasteiger partial charge is 0.141 e.